The summed E-state index contributed by atoms with van der Waals surface area (Å²) in [5.41, 5.74) is 7.70. The monoisotopic (exact) mass is 404 g/mol. The maximum absolute atomic E-state index is 12.5. The Morgan fingerprint density at radius 1 is 0.633 bits per heavy atom. The van der Waals surface area contributed by atoms with E-state index < -0.39 is 11.8 Å². The fraction of sp³-hybridized carbons (Fsp3) is 0.462. The third kappa shape index (κ3) is 4.58. The van der Waals surface area contributed by atoms with Crippen LogP contribution in [0.2, 0.25) is 0 Å². The highest BCUT2D eigenvalue weighted by molar-refractivity contribution is 6.35. The first kappa shape index (κ1) is 20.6. The Morgan fingerprint density at radius 2 is 1.00 bits per heavy atom. The molecule has 2 atom stereocenters. The van der Waals surface area contributed by atoms with Crippen LogP contribution in [0.25, 0.3) is 0 Å². The Morgan fingerprint density at radius 3 is 1.40 bits per heavy atom. The SMILES string of the molecule is CC(NC(=O)C(=O)NC(C)c1ccc2c(c1)CCCC2)c1ccc2c(c1)CCCC2. The fourth-order valence-electron chi connectivity index (χ4n) is 4.74. The van der Waals surface area contributed by atoms with E-state index in [1.54, 1.807) is 0 Å². The van der Waals surface area contributed by atoms with E-state index in [9.17, 15) is 9.59 Å². The minimum absolute atomic E-state index is 0.200. The molecule has 0 spiro atoms. The second kappa shape index (κ2) is 9.03. The molecule has 0 saturated heterocycles. The summed E-state index contributed by atoms with van der Waals surface area (Å²) in [6, 6.07) is 12.5. The Labute approximate surface area is 179 Å². The summed E-state index contributed by atoms with van der Waals surface area (Å²) in [5.74, 6) is -1.16. The van der Waals surface area contributed by atoms with Gasteiger partial charge in [-0.05, 0) is 98.6 Å². The summed E-state index contributed by atoms with van der Waals surface area (Å²) >= 11 is 0. The van der Waals surface area contributed by atoms with E-state index in [2.05, 4.69) is 47.0 Å². The van der Waals surface area contributed by atoms with Gasteiger partial charge in [0.2, 0.25) is 0 Å². The highest BCUT2D eigenvalue weighted by Gasteiger charge is 2.21. The van der Waals surface area contributed by atoms with Crippen LogP contribution in [0.15, 0.2) is 36.4 Å². The molecule has 2 unspecified atom stereocenters. The normalized spacial score (nSPS) is 17.3. The van der Waals surface area contributed by atoms with Crippen LogP contribution in [0.5, 0.6) is 0 Å². The average Bonchev–Trinajstić information content (AvgIpc) is 2.78. The van der Waals surface area contributed by atoms with Crippen LogP contribution in [0.3, 0.4) is 0 Å². The first-order chi connectivity index (χ1) is 14.5. The molecule has 30 heavy (non-hydrogen) atoms. The molecule has 0 radical (unpaired) electrons. The van der Waals surface area contributed by atoms with E-state index in [1.807, 2.05) is 13.8 Å². The molecule has 0 aliphatic heterocycles. The average molecular weight is 405 g/mol. The second-order valence-corrected chi connectivity index (χ2v) is 8.86. The highest BCUT2D eigenvalue weighted by Crippen LogP contribution is 2.26. The van der Waals surface area contributed by atoms with Gasteiger partial charge in [-0.25, -0.2) is 0 Å². The molecule has 158 valence electrons. The maximum Gasteiger partial charge on any atom is 0.309 e. The standard InChI is InChI=1S/C26H32N2O2/c1-17(21-13-11-19-7-3-5-9-23(19)15-21)27-25(29)26(30)28-18(2)22-14-12-20-8-4-6-10-24(20)16-22/h11-18H,3-10H2,1-2H3,(H,27,29)(H,28,30). The van der Waals surface area contributed by atoms with Gasteiger partial charge in [0.1, 0.15) is 0 Å². The van der Waals surface area contributed by atoms with Crippen LogP contribution >= 0.6 is 0 Å². The number of nitrogens with one attached hydrogen (secondary N) is 2. The summed E-state index contributed by atoms with van der Waals surface area (Å²) in [7, 11) is 0. The van der Waals surface area contributed by atoms with Gasteiger partial charge in [-0.1, -0.05) is 36.4 Å². The molecule has 2 amide bonds. The molecule has 0 fully saturated rings. The molecular formula is C26H32N2O2. The van der Waals surface area contributed by atoms with E-state index in [-0.39, 0.29) is 12.1 Å². The molecule has 0 aromatic heterocycles. The number of hydrogen-bond donors (Lipinski definition) is 2. The lowest BCUT2D eigenvalue weighted by Crippen LogP contribution is -2.41. The van der Waals surface area contributed by atoms with Crippen molar-refractivity contribution in [2.24, 2.45) is 0 Å². The molecular weight excluding hydrogens is 372 g/mol. The quantitative estimate of drug-likeness (QED) is 0.737. The van der Waals surface area contributed by atoms with Crippen molar-refractivity contribution in [3.05, 3.63) is 69.8 Å². The number of benzene rings is 2. The van der Waals surface area contributed by atoms with E-state index in [0.29, 0.717) is 0 Å². The van der Waals surface area contributed by atoms with Crippen molar-refractivity contribution in [3.63, 3.8) is 0 Å². The molecule has 4 nitrogen and oxygen atoms in total. The molecule has 4 rings (SSSR count). The van der Waals surface area contributed by atoms with Crippen molar-refractivity contribution in [2.75, 3.05) is 0 Å². The summed E-state index contributed by atoms with van der Waals surface area (Å²) in [6.45, 7) is 3.87. The predicted molar refractivity (Wildman–Crippen MR) is 119 cm³/mol. The second-order valence-electron chi connectivity index (χ2n) is 8.86. The summed E-state index contributed by atoms with van der Waals surface area (Å²) in [5, 5.41) is 5.72. The molecule has 2 aromatic carbocycles. The Kier molecular flexibility index (Phi) is 6.21. The van der Waals surface area contributed by atoms with Gasteiger partial charge < -0.3 is 10.6 Å². The van der Waals surface area contributed by atoms with Gasteiger partial charge in [0.05, 0.1) is 12.1 Å². The maximum atomic E-state index is 12.5. The molecule has 4 heteroatoms. The van der Waals surface area contributed by atoms with Crippen LogP contribution in [-0.2, 0) is 35.3 Å². The topological polar surface area (TPSA) is 58.2 Å². The Balaban J connectivity index is 1.36. The van der Waals surface area contributed by atoms with Crippen molar-refractivity contribution < 1.29 is 9.59 Å². The van der Waals surface area contributed by atoms with E-state index in [4.69, 9.17) is 0 Å². The van der Waals surface area contributed by atoms with Crippen LogP contribution in [0, 0.1) is 0 Å². The third-order valence-corrected chi connectivity index (χ3v) is 6.65. The Hall–Kier alpha value is -2.62. The van der Waals surface area contributed by atoms with Crippen LogP contribution < -0.4 is 10.6 Å². The van der Waals surface area contributed by atoms with Crippen molar-refractivity contribution in [2.45, 2.75) is 77.3 Å². The number of hydrogen-bond acceptors (Lipinski definition) is 2. The summed E-state index contributed by atoms with van der Waals surface area (Å²) in [4.78, 5) is 25.0. The van der Waals surface area contributed by atoms with Crippen LogP contribution in [-0.4, -0.2) is 11.8 Å². The molecule has 2 N–H and O–H groups in total. The predicted octanol–water partition coefficient (Wildman–Crippen LogP) is 4.50. The van der Waals surface area contributed by atoms with Crippen molar-refractivity contribution >= 4 is 11.8 Å². The zero-order valence-electron chi connectivity index (χ0n) is 18.1. The van der Waals surface area contributed by atoms with Gasteiger partial charge in [-0.3, -0.25) is 9.59 Å². The number of fused-ring (bicyclic) bond motifs is 2. The lowest BCUT2D eigenvalue weighted by Gasteiger charge is -2.21. The fourth-order valence-corrected chi connectivity index (χ4v) is 4.74. The molecule has 0 heterocycles. The Bertz CT molecular complexity index is 873. The van der Waals surface area contributed by atoms with Crippen molar-refractivity contribution in [1.29, 1.82) is 0 Å². The first-order valence-corrected chi connectivity index (χ1v) is 11.4. The lowest BCUT2D eigenvalue weighted by molar-refractivity contribution is -0.140. The number of carbonyl (C=O) groups excluding carboxylic acids is 2. The third-order valence-electron chi connectivity index (χ3n) is 6.65. The van der Waals surface area contributed by atoms with Gasteiger partial charge in [-0.2, -0.15) is 0 Å². The van der Waals surface area contributed by atoms with E-state index >= 15 is 0 Å². The number of aryl methyl sites for hydroxylation is 4. The van der Waals surface area contributed by atoms with E-state index in [0.717, 1.165) is 36.8 Å². The summed E-state index contributed by atoms with van der Waals surface area (Å²) < 4.78 is 0. The largest absolute Gasteiger partial charge is 0.341 e. The van der Waals surface area contributed by atoms with Crippen LogP contribution in [0.4, 0.5) is 0 Å². The first-order valence-electron chi connectivity index (χ1n) is 11.4. The van der Waals surface area contributed by atoms with Gasteiger partial charge in [0, 0.05) is 0 Å². The van der Waals surface area contributed by atoms with Gasteiger partial charge in [0.25, 0.3) is 0 Å². The van der Waals surface area contributed by atoms with Gasteiger partial charge in [0.15, 0.2) is 0 Å². The minimum atomic E-state index is -0.579. The molecule has 0 saturated carbocycles. The lowest BCUT2D eigenvalue weighted by atomic mass is 9.89. The molecule has 2 aromatic rings. The number of carbonyl (C=O) groups is 2. The zero-order chi connectivity index (χ0) is 21.1. The van der Waals surface area contributed by atoms with Crippen LogP contribution in [0.1, 0.15) is 85.0 Å². The smallest absolute Gasteiger partial charge is 0.309 e. The number of amides is 2. The van der Waals surface area contributed by atoms with Gasteiger partial charge in [-0.15, -0.1) is 0 Å². The number of rotatable bonds is 4. The van der Waals surface area contributed by atoms with E-state index in [1.165, 1.54) is 47.9 Å². The molecule has 2 aliphatic rings. The zero-order valence-corrected chi connectivity index (χ0v) is 18.1. The molecule has 2 aliphatic carbocycles. The van der Waals surface area contributed by atoms with Crippen molar-refractivity contribution in [1.82, 2.24) is 10.6 Å². The van der Waals surface area contributed by atoms with Gasteiger partial charge >= 0.3 is 11.8 Å². The molecule has 0 bridgehead atoms. The summed E-state index contributed by atoms with van der Waals surface area (Å²) in [6.07, 6.45) is 9.42. The van der Waals surface area contributed by atoms with Crippen molar-refractivity contribution in [3.8, 4) is 0 Å². The minimum Gasteiger partial charge on any atom is -0.341 e. The highest BCUT2D eigenvalue weighted by atomic mass is 16.2.